The predicted octanol–water partition coefficient (Wildman–Crippen LogP) is 4.43. The third-order valence-corrected chi connectivity index (χ3v) is 4.20. The predicted molar refractivity (Wildman–Crippen MR) is 95.5 cm³/mol. The first-order valence-electron chi connectivity index (χ1n) is 8.25. The molecule has 3 aromatic rings. The monoisotopic (exact) mass is 372 g/mol. The van der Waals surface area contributed by atoms with Gasteiger partial charge in [0.2, 0.25) is 5.89 Å². The number of carbonyl (C=O) groups excluding carboxylic acids is 1. The molecule has 0 saturated heterocycles. The van der Waals surface area contributed by atoms with Crippen molar-refractivity contribution in [2.75, 3.05) is 7.11 Å². The van der Waals surface area contributed by atoms with Crippen molar-refractivity contribution < 1.29 is 22.7 Å². The molecule has 0 spiro atoms. The first kappa shape index (κ1) is 18.6. The molecular weight excluding hydrogens is 354 g/mol. The molecule has 27 heavy (non-hydrogen) atoms. The third kappa shape index (κ3) is 3.97. The van der Waals surface area contributed by atoms with E-state index >= 15 is 0 Å². The Hall–Kier alpha value is -3.22. The van der Waals surface area contributed by atoms with Gasteiger partial charge < -0.3 is 14.5 Å². The Morgan fingerprint density at radius 2 is 1.93 bits per heavy atom. The lowest BCUT2D eigenvalue weighted by molar-refractivity contribution is 0.0934. The van der Waals surface area contributed by atoms with Gasteiger partial charge in [0.25, 0.3) is 5.91 Å². The lowest BCUT2D eigenvalue weighted by Crippen LogP contribution is -2.27. The average molecular weight is 372 g/mol. The van der Waals surface area contributed by atoms with Crippen molar-refractivity contribution in [3.63, 3.8) is 0 Å². The number of hydrogen-bond donors (Lipinski definition) is 1. The van der Waals surface area contributed by atoms with Gasteiger partial charge in [-0.2, -0.15) is 0 Å². The second-order valence-corrected chi connectivity index (χ2v) is 6.07. The first-order valence-corrected chi connectivity index (χ1v) is 8.25. The van der Waals surface area contributed by atoms with Crippen molar-refractivity contribution >= 4 is 5.91 Å². The van der Waals surface area contributed by atoms with Gasteiger partial charge in [0, 0.05) is 11.1 Å². The maximum absolute atomic E-state index is 13.7. The minimum atomic E-state index is -0.659. The van der Waals surface area contributed by atoms with Gasteiger partial charge in [-0.25, -0.2) is 13.8 Å². The maximum atomic E-state index is 13.7. The maximum Gasteiger partial charge on any atom is 0.273 e. The van der Waals surface area contributed by atoms with Gasteiger partial charge in [-0.1, -0.05) is 6.07 Å². The number of halogens is 2. The summed E-state index contributed by atoms with van der Waals surface area (Å²) in [5.74, 6) is -0.935. The van der Waals surface area contributed by atoms with Crippen LogP contribution in [-0.2, 0) is 0 Å². The summed E-state index contributed by atoms with van der Waals surface area (Å²) in [6, 6.07) is 8.85. The molecule has 0 aliphatic rings. The number of rotatable bonds is 5. The molecule has 0 aliphatic carbocycles. The second-order valence-electron chi connectivity index (χ2n) is 6.07. The Morgan fingerprint density at radius 1 is 1.22 bits per heavy atom. The van der Waals surface area contributed by atoms with Gasteiger partial charge in [0.05, 0.1) is 13.2 Å². The fourth-order valence-electron chi connectivity index (χ4n) is 2.54. The number of aromatic nitrogens is 1. The minimum absolute atomic E-state index is 0.0586. The number of nitrogens with one attached hydrogen (secondary N) is 1. The van der Waals surface area contributed by atoms with Crippen molar-refractivity contribution in [2.45, 2.75) is 19.9 Å². The molecule has 1 heterocycles. The van der Waals surface area contributed by atoms with Crippen LogP contribution in [0, 0.1) is 18.6 Å². The number of benzene rings is 2. The molecule has 0 aliphatic heterocycles. The van der Waals surface area contributed by atoms with Gasteiger partial charge in [0.15, 0.2) is 5.69 Å². The van der Waals surface area contributed by atoms with Crippen LogP contribution in [0.2, 0.25) is 0 Å². The highest BCUT2D eigenvalue weighted by Crippen LogP contribution is 2.24. The highest BCUT2D eigenvalue weighted by atomic mass is 19.1. The van der Waals surface area contributed by atoms with Gasteiger partial charge in [0.1, 0.15) is 23.6 Å². The van der Waals surface area contributed by atoms with E-state index in [2.05, 4.69) is 10.3 Å². The number of hydrogen-bond acceptors (Lipinski definition) is 4. The molecule has 7 heteroatoms. The first-order chi connectivity index (χ1) is 12.9. The van der Waals surface area contributed by atoms with Crippen molar-refractivity contribution in [1.82, 2.24) is 10.3 Å². The molecule has 2 aromatic carbocycles. The van der Waals surface area contributed by atoms with E-state index in [-0.39, 0.29) is 17.1 Å². The van der Waals surface area contributed by atoms with E-state index in [4.69, 9.17) is 9.15 Å². The molecule has 0 saturated carbocycles. The van der Waals surface area contributed by atoms with Gasteiger partial charge in [-0.15, -0.1) is 0 Å². The van der Waals surface area contributed by atoms with Crippen LogP contribution in [-0.4, -0.2) is 18.0 Å². The summed E-state index contributed by atoms with van der Waals surface area (Å²) >= 11 is 0. The molecular formula is C20H18F2N2O3. The third-order valence-electron chi connectivity index (χ3n) is 4.20. The Labute approximate surface area is 155 Å². The zero-order chi connectivity index (χ0) is 19.6. The van der Waals surface area contributed by atoms with Crippen molar-refractivity contribution in [3.05, 3.63) is 71.1 Å². The van der Waals surface area contributed by atoms with Crippen LogP contribution in [0.25, 0.3) is 11.5 Å². The van der Waals surface area contributed by atoms with Crippen LogP contribution in [0.4, 0.5) is 8.78 Å². The summed E-state index contributed by atoms with van der Waals surface area (Å²) < 4.78 is 38.0. The highest BCUT2D eigenvalue weighted by molar-refractivity contribution is 5.92. The number of carbonyl (C=O) groups is 1. The molecule has 0 bridgehead atoms. The molecule has 5 nitrogen and oxygen atoms in total. The van der Waals surface area contributed by atoms with Crippen molar-refractivity contribution in [3.8, 4) is 17.2 Å². The van der Waals surface area contributed by atoms with E-state index in [1.165, 1.54) is 25.3 Å². The minimum Gasteiger partial charge on any atom is -0.497 e. The van der Waals surface area contributed by atoms with Crippen molar-refractivity contribution in [2.24, 2.45) is 0 Å². The normalized spacial score (nSPS) is 11.9. The lowest BCUT2D eigenvalue weighted by Gasteiger charge is -2.14. The molecule has 3 rings (SSSR count). The van der Waals surface area contributed by atoms with Crippen LogP contribution in [0.1, 0.15) is 34.6 Å². The number of nitrogens with zero attached hydrogens (tertiary/aromatic N) is 1. The van der Waals surface area contributed by atoms with Crippen molar-refractivity contribution in [1.29, 1.82) is 0 Å². The standard InChI is InChI=1S/C20H18F2N2O3/c1-11-16(21)8-14(9-17(11)22)12(2)23-19(25)18-10-27-20(24-18)13-5-4-6-15(7-13)26-3/h4-10,12H,1-3H3,(H,23,25)/t12-/m1/s1. The van der Waals surface area contributed by atoms with E-state index in [1.54, 1.807) is 38.3 Å². The van der Waals surface area contributed by atoms with E-state index in [9.17, 15) is 13.6 Å². The molecule has 0 radical (unpaired) electrons. The number of methoxy groups -OCH3 is 1. The van der Waals surface area contributed by atoms with Crippen LogP contribution in [0.15, 0.2) is 47.1 Å². The molecule has 1 aromatic heterocycles. The summed E-state index contributed by atoms with van der Waals surface area (Å²) in [6.45, 7) is 2.98. The van der Waals surface area contributed by atoms with Crippen LogP contribution in [0.3, 0.4) is 0 Å². The SMILES string of the molecule is COc1cccc(-c2nc(C(=O)N[C@H](C)c3cc(F)c(C)c(F)c3)co2)c1. The van der Waals surface area contributed by atoms with E-state index in [1.807, 2.05) is 0 Å². The zero-order valence-electron chi connectivity index (χ0n) is 15.0. The number of amides is 1. The largest absolute Gasteiger partial charge is 0.497 e. The number of ether oxygens (including phenoxy) is 1. The van der Waals surface area contributed by atoms with Gasteiger partial charge in [-0.05, 0) is 49.7 Å². The van der Waals surface area contributed by atoms with E-state index < -0.39 is 23.6 Å². The smallest absolute Gasteiger partial charge is 0.273 e. The Morgan fingerprint density at radius 3 is 2.59 bits per heavy atom. The summed E-state index contributed by atoms with van der Waals surface area (Å²) in [6.07, 6.45) is 1.23. The zero-order valence-corrected chi connectivity index (χ0v) is 15.0. The molecule has 140 valence electrons. The van der Waals surface area contributed by atoms with Gasteiger partial charge >= 0.3 is 0 Å². The summed E-state index contributed by atoms with van der Waals surface area (Å²) in [7, 11) is 1.55. The Bertz CT molecular complexity index is 962. The molecule has 1 atom stereocenters. The molecule has 1 amide bonds. The summed E-state index contributed by atoms with van der Waals surface area (Å²) in [4.78, 5) is 16.6. The Kier molecular flexibility index (Phi) is 5.21. The van der Waals surface area contributed by atoms with E-state index in [0.717, 1.165) is 0 Å². The fraction of sp³-hybridized carbons (Fsp3) is 0.200. The Balaban J connectivity index is 1.76. The lowest BCUT2D eigenvalue weighted by atomic mass is 10.1. The van der Waals surface area contributed by atoms with Crippen LogP contribution >= 0.6 is 0 Å². The quantitative estimate of drug-likeness (QED) is 0.720. The fourth-order valence-corrected chi connectivity index (χ4v) is 2.54. The van der Waals surface area contributed by atoms with Gasteiger partial charge in [-0.3, -0.25) is 4.79 Å². The average Bonchev–Trinajstić information content (AvgIpc) is 3.16. The summed E-state index contributed by atoms with van der Waals surface area (Å²) in [5.41, 5.74) is 0.981. The molecule has 0 fully saturated rings. The topological polar surface area (TPSA) is 64.4 Å². The highest BCUT2D eigenvalue weighted by Gasteiger charge is 2.18. The summed E-state index contributed by atoms with van der Waals surface area (Å²) in [5, 5.41) is 2.65. The second kappa shape index (κ2) is 7.57. The van der Waals surface area contributed by atoms with Crippen LogP contribution in [0.5, 0.6) is 5.75 Å². The number of oxazole rings is 1. The molecule has 0 unspecified atom stereocenters. The van der Waals surface area contributed by atoms with E-state index in [0.29, 0.717) is 16.9 Å². The van der Waals surface area contributed by atoms with Crippen LogP contribution < -0.4 is 10.1 Å². The molecule has 1 N–H and O–H groups in total.